The summed E-state index contributed by atoms with van der Waals surface area (Å²) in [5.41, 5.74) is 0. The molecule has 0 bridgehead atoms. The van der Waals surface area contributed by atoms with Gasteiger partial charge < -0.3 is 10.2 Å². The van der Waals surface area contributed by atoms with Crippen LogP contribution in [0.1, 0.15) is 32.6 Å². The molecular weight excluding hydrogens is 204 g/mol. The molecule has 0 aromatic heterocycles. The van der Waals surface area contributed by atoms with Crippen LogP contribution in [0.25, 0.3) is 0 Å². The Morgan fingerprint density at radius 1 is 1.40 bits per heavy atom. The van der Waals surface area contributed by atoms with Gasteiger partial charge in [-0.1, -0.05) is 0 Å². The van der Waals surface area contributed by atoms with Crippen molar-refractivity contribution >= 4 is 11.8 Å². The molecule has 2 nitrogen and oxygen atoms in total. The number of hydrogen-bond acceptors (Lipinski definition) is 3. The van der Waals surface area contributed by atoms with Crippen molar-refractivity contribution < 1.29 is 0 Å². The molecule has 1 saturated heterocycles. The number of hydrogen-bond donors (Lipinski definition) is 1. The minimum absolute atomic E-state index is 0.752. The molecule has 0 amide bonds. The number of piperidine rings is 1. The molecule has 0 aromatic carbocycles. The van der Waals surface area contributed by atoms with Crippen molar-refractivity contribution in [3.8, 4) is 0 Å². The lowest BCUT2D eigenvalue weighted by molar-refractivity contribution is 0.137. The molecule has 2 atom stereocenters. The lowest BCUT2D eigenvalue weighted by atomic mass is 9.98. The molecule has 1 fully saturated rings. The zero-order chi connectivity index (χ0) is 11.1. The fraction of sp³-hybridized carbons (Fsp3) is 1.00. The molecular formula is C12H26N2S. The summed E-state index contributed by atoms with van der Waals surface area (Å²) in [7, 11) is 2.09. The summed E-state index contributed by atoms with van der Waals surface area (Å²) in [4.78, 5) is 2.66. The quantitative estimate of drug-likeness (QED) is 0.704. The monoisotopic (exact) mass is 230 g/mol. The molecule has 90 valence electrons. The van der Waals surface area contributed by atoms with Gasteiger partial charge in [0.2, 0.25) is 0 Å². The number of rotatable bonds is 6. The third kappa shape index (κ3) is 4.75. The van der Waals surface area contributed by atoms with E-state index in [4.69, 9.17) is 0 Å². The molecule has 1 aliphatic rings. The highest BCUT2D eigenvalue weighted by Gasteiger charge is 2.23. The van der Waals surface area contributed by atoms with Gasteiger partial charge in [-0.05, 0) is 64.8 Å². The smallest absolute Gasteiger partial charge is 0.00910 e. The van der Waals surface area contributed by atoms with E-state index in [1.165, 1.54) is 44.5 Å². The van der Waals surface area contributed by atoms with E-state index in [1.54, 1.807) is 0 Å². The van der Waals surface area contributed by atoms with Gasteiger partial charge in [-0.25, -0.2) is 0 Å². The first-order chi connectivity index (χ1) is 7.27. The van der Waals surface area contributed by atoms with Crippen LogP contribution in [0.3, 0.4) is 0 Å². The Bertz CT molecular complexity index is 164. The summed E-state index contributed by atoms with van der Waals surface area (Å²) < 4.78 is 0. The molecule has 0 spiro atoms. The molecule has 0 saturated carbocycles. The summed E-state index contributed by atoms with van der Waals surface area (Å²) in [5, 5.41) is 3.40. The van der Waals surface area contributed by atoms with Gasteiger partial charge in [-0.2, -0.15) is 11.8 Å². The van der Waals surface area contributed by atoms with Crippen LogP contribution in [0.2, 0.25) is 0 Å². The van der Waals surface area contributed by atoms with Crippen LogP contribution in [0.4, 0.5) is 0 Å². The molecule has 1 heterocycles. The Hall–Kier alpha value is 0.270. The van der Waals surface area contributed by atoms with Crippen molar-refractivity contribution in [2.24, 2.45) is 0 Å². The Morgan fingerprint density at radius 3 is 2.80 bits per heavy atom. The maximum atomic E-state index is 3.40. The number of thioether (sulfide) groups is 1. The second kappa shape index (κ2) is 7.53. The Kier molecular flexibility index (Phi) is 6.69. The Morgan fingerprint density at radius 2 is 2.20 bits per heavy atom. The lowest BCUT2D eigenvalue weighted by Gasteiger charge is -2.37. The molecule has 1 aliphatic heterocycles. The van der Waals surface area contributed by atoms with E-state index < -0.39 is 0 Å². The van der Waals surface area contributed by atoms with Crippen LogP contribution in [0, 0.1) is 0 Å². The predicted octanol–water partition coefficient (Wildman–Crippen LogP) is 2.20. The summed E-state index contributed by atoms with van der Waals surface area (Å²) in [6.07, 6.45) is 7.58. The Balaban J connectivity index is 2.14. The van der Waals surface area contributed by atoms with Gasteiger partial charge in [0.15, 0.2) is 0 Å². The van der Waals surface area contributed by atoms with Gasteiger partial charge >= 0.3 is 0 Å². The highest BCUT2D eigenvalue weighted by molar-refractivity contribution is 7.98. The zero-order valence-corrected chi connectivity index (χ0v) is 11.3. The summed E-state index contributed by atoms with van der Waals surface area (Å²) >= 11 is 1.96. The van der Waals surface area contributed by atoms with Crippen LogP contribution >= 0.6 is 11.8 Å². The standard InChI is InChI=1S/C12H26N2S/c1-11-10-12(13-2)6-8-14(11)7-4-5-9-15-3/h11-13H,4-10H2,1-3H3. The topological polar surface area (TPSA) is 15.3 Å². The zero-order valence-electron chi connectivity index (χ0n) is 10.5. The van der Waals surface area contributed by atoms with Crippen LogP contribution in [-0.2, 0) is 0 Å². The van der Waals surface area contributed by atoms with E-state index in [9.17, 15) is 0 Å². The second-order valence-corrected chi connectivity index (χ2v) is 5.58. The second-order valence-electron chi connectivity index (χ2n) is 4.59. The minimum atomic E-state index is 0.752. The summed E-state index contributed by atoms with van der Waals surface area (Å²) in [6.45, 7) is 4.96. The van der Waals surface area contributed by atoms with Crippen molar-refractivity contribution in [3.05, 3.63) is 0 Å². The molecule has 0 aromatic rings. The van der Waals surface area contributed by atoms with Crippen LogP contribution in [-0.4, -0.2) is 49.1 Å². The highest BCUT2D eigenvalue weighted by atomic mass is 32.2. The van der Waals surface area contributed by atoms with Crippen molar-refractivity contribution in [2.75, 3.05) is 32.1 Å². The largest absolute Gasteiger partial charge is 0.317 e. The SMILES string of the molecule is CNC1CCN(CCCCSC)C(C)C1. The van der Waals surface area contributed by atoms with Crippen molar-refractivity contribution in [1.82, 2.24) is 10.2 Å². The Labute approximate surface area is 99.2 Å². The van der Waals surface area contributed by atoms with E-state index in [0.29, 0.717) is 0 Å². The maximum absolute atomic E-state index is 3.40. The van der Waals surface area contributed by atoms with Gasteiger partial charge in [-0.3, -0.25) is 0 Å². The van der Waals surface area contributed by atoms with E-state index in [0.717, 1.165) is 12.1 Å². The first-order valence-electron chi connectivity index (χ1n) is 6.18. The molecule has 2 unspecified atom stereocenters. The van der Waals surface area contributed by atoms with Gasteiger partial charge in [0.05, 0.1) is 0 Å². The van der Waals surface area contributed by atoms with Crippen LogP contribution < -0.4 is 5.32 Å². The summed E-state index contributed by atoms with van der Waals surface area (Å²) in [5.74, 6) is 1.32. The van der Waals surface area contributed by atoms with E-state index in [2.05, 4.69) is 30.4 Å². The van der Waals surface area contributed by atoms with E-state index >= 15 is 0 Å². The fourth-order valence-electron chi connectivity index (χ4n) is 2.38. The molecule has 1 N–H and O–H groups in total. The molecule has 0 aliphatic carbocycles. The van der Waals surface area contributed by atoms with Crippen LogP contribution in [0.5, 0.6) is 0 Å². The maximum Gasteiger partial charge on any atom is 0.00910 e. The predicted molar refractivity (Wildman–Crippen MR) is 70.7 cm³/mol. The average Bonchev–Trinajstić information content (AvgIpc) is 2.26. The average molecular weight is 230 g/mol. The summed E-state index contributed by atoms with van der Waals surface area (Å²) in [6, 6.07) is 1.52. The molecule has 15 heavy (non-hydrogen) atoms. The third-order valence-electron chi connectivity index (χ3n) is 3.47. The fourth-order valence-corrected chi connectivity index (χ4v) is 2.87. The van der Waals surface area contributed by atoms with E-state index in [-0.39, 0.29) is 0 Å². The number of nitrogens with one attached hydrogen (secondary N) is 1. The molecule has 1 rings (SSSR count). The first kappa shape index (κ1) is 13.3. The lowest BCUT2D eigenvalue weighted by Crippen LogP contribution is -2.46. The van der Waals surface area contributed by atoms with Gasteiger partial charge in [0.25, 0.3) is 0 Å². The number of nitrogens with zero attached hydrogens (tertiary/aromatic N) is 1. The molecule has 3 heteroatoms. The first-order valence-corrected chi connectivity index (χ1v) is 7.57. The third-order valence-corrected chi connectivity index (χ3v) is 4.16. The van der Waals surface area contributed by atoms with Crippen molar-refractivity contribution in [1.29, 1.82) is 0 Å². The van der Waals surface area contributed by atoms with Gasteiger partial charge in [0, 0.05) is 12.1 Å². The van der Waals surface area contributed by atoms with Crippen LogP contribution in [0.15, 0.2) is 0 Å². The van der Waals surface area contributed by atoms with Crippen molar-refractivity contribution in [2.45, 2.75) is 44.7 Å². The minimum Gasteiger partial charge on any atom is -0.317 e. The van der Waals surface area contributed by atoms with Gasteiger partial charge in [0.1, 0.15) is 0 Å². The molecule has 0 radical (unpaired) electrons. The van der Waals surface area contributed by atoms with Crippen molar-refractivity contribution in [3.63, 3.8) is 0 Å². The van der Waals surface area contributed by atoms with E-state index in [1.807, 2.05) is 11.8 Å². The number of likely N-dealkylation sites (tertiary alicyclic amines) is 1. The van der Waals surface area contributed by atoms with Gasteiger partial charge in [-0.15, -0.1) is 0 Å². The number of unbranched alkanes of at least 4 members (excludes halogenated alkanes) is 1. The normalized spacial score (nSPS) is 28.2. The highest BCUT2D eigenvalue weighted by Crippen LogP contribution is 2.17.